The van der Waals surface area contributed by atoms with Gasteiger partial charge in [-0.3, -0.25) is 9.27 Å². The first-order chi connectivity index (χ1) is 8.60. The Hall–Kier alpha value is -0.680. The molecule has 0 bridgehead atoms. The van der Waals surface area contributed by atoms with Crippen molar-refractivity contribution in [2.24, 2.45) is 0 Å². The molecule has 1 N–H and O–H groups in total. The molecule has 1 rings (SSSR count). The van der Waals surface area contributed by atoms with Crippen LogP contribution in [0.1, 0.15) is 12.5 Å². The van der Waals surface area contributed by atoms with Crippen molar-refractivity contribution in [3.8, 4) is 0 Å². The molecule has 0 aliphatic carbocycles. The van der Waals surface area contributed by atoms with Crippen LogP contribution < -0.4 is 5.09 Å². The highest BCUT2D eigenvalue weighted by molar-refractivity contribution is 7.86. The second kappa shape index (κ2) is 6.18. The Morgan fingerprint density at radius 2 is 1.79 bits per heavy atom. The van der Waals surface area contributed by atoms with Crippen LogP contribution in [0.25, 0.3) is 0 Å². The van der Waals surface area contributed by atoms with Crippen LogP contribution in [0.4, 0.5) is 0 Å². The smallest absolute Gasteiger partial charge is 0.297 e. The van der Waals surface area contributed by atoms with E-state index in [-0.39, 0.29) is 17.5 Å². The summed E-state index contributed by atoms with van der Waals surface area (Å²) in [5.41, 5.74) is 0.979. The van der Waals surface area contributed by atoms with Gasteiger partial charge in [0, 0.05) is 19.4 Å². The summed E-state index contributed by atoms with van der Waals surface area (Å²) >= 11 is 0. The molecule has 1 aromatic carbocycles. The van der Waals surface area contributed by atoms with Gasteiger partial charge in [-0.05, 0) is 26.0 Å². The summed E-state index contributed by atoms with van der Waals surface area (Å²) in [6.07, 6.45) is 0. The summed E-state index contributed by atoms with van der Waals surface area (Å²) in [6.45, 7) is 6.71. The number of hydrogen-bond donors (Lipinski definition) is 1. The Bertz CT molecular complexity index is 562. The Morgan fingerprint density at radius 3 is 2.26 bits per heavy atom. The van der Waals surface area contributed by atoms with Crippen LogP contribution in [0, 0.1) is 6.92 Å². The standard InChI is InChI=1S/C12H20NO4PS/c1-10-5-7-12(8-6-10)19(15,16)17-9-11(2)13-18(3,4)14/h5-8,11H,9H2,1-4H3,(H,13,14)/t11-/m1/s1. The van der Waals surface area contributed by atoms with Gasteiger partial charge in [0.15, 0.2) is 0 Å². The maximum absolute atomic E-state index is 11.9. The fraction of sp³-hybridized carbons (Fsp3) is 0.500. The van der Waals surface area contributed by atoms with Gasteiger partial charge in [0.05, 0.1) is 11.5 Å². The fourth-order valence-corrected chi connectivity index (χ4v) is 3.66. The van der Waals surface area contributed by atoms with Crippen LogP contribution in [0.2, 0.25) is 0 Å². The second-order valence-corrected chi connectivity index (χ2v) is 9.51. The van der Waals surface area contributed by atoms with E-state index in [0.717, 1.165) is 5.56 Å². The Morgan fingerprint density at radius 1 is 1.26 bits per heavy atom. The quantitative estimate of drug-likeness (QED) is 0.644. The lowest BCUT2D eigenvalue weighted by molar-refractivity contribution is 0.290. The van der Waals surface area contributed by atoms with Gasteiger partial charge in [-0.2, -0.15) is 8.42 Å². The largest absolute Gasteiger partial charge is 0.307 e. The van der Waals surface area contributed by atoms with Gasteiger partial charge >= 0.3 is 0 Å². The first-order valence-corrected chi connectivity index (χ1v) is 9.90. The Labute approximate surface area is 114 Å². The first kappa shape index (κ1) is 16.4. The second-order valence-electron chi connectivity index (χ2n) is 4.93. The molecule has 0 spiro atoms. The lowest BCUT2D eigenvalue weighted by Gasteiger charge is -2.17. The fourth-order valence-electron chi connectivity index (χ4n) is 1.53. The molecule has 0 saturated carbocycles. The van der Waals surface area contributed by atoms with E-state index in [2.05, 4.69) is 5.09 Å². The molecule has 0 fully saturated rings. The normalized spacial score (nSPS) is 14.3. The predicted octanol–water partition coefficient (Wildman–Crippen LogP) is 2.22. The third-order valence-electron chi connectivity index (χ3n) is 2.31. The molecule has 1 atom stereocenters. The van der Waals surface area contributed by atoms with Gasteiger partial charge in [0.2, 0.25) is 0 Å². The number of aryl methyl sites for hydroxylation is 1. The van der Waals surface area contributed by atoms with E-state index in [1.807, 2.05) is 6.92 Å². The zero-order valence-corrected chi connectivity index (χ0v) is 13.3. The maximum atomic E-state index is 11.9. The number of rotatable bonds is 6. The van der Waals surface area contributed by atoms with Crippen LogP contribution in [0.15, 0.2) is 29.2 Å². The summed E-state index contributed by atoms with van der Waals surface area (Å²) in [4.78, 5) is 0.126. The van der Waals surface area contributed by atoms with Gasteiger partial charge < -0.3 is 4.57 Å². The molecule has 5 nitrogen and oxygen atoms in total. The third kappa shape index (κ3) is 5.87. The van der Waals surface area contributed by atoms with Crippen LogP contribution in [-0.4, -0.2) is 34.4 Å². The van der Waals surface area contributed by atoms with Crippen molar-refractivity contribution in [3.05, 3.63) is 29.8 Å². The van der Waals surface area contributed by atoms with Crippen molar-refractivity contribution in [1.29, 1.82) is 0 Å². The molecular weight excluding hydrogens is 285 g/mol. The Balaban J connectivity index is 2.66. The van der Waals surface area contributed by atoms with Crippen molar-refractivity contribution < 1.29 is 17.2 Å². The predicted molar refractivity (Wildman–Crippen MR) is 76.4 cm³/mol. The SMILES string of the molecule is Cc1ccc(S(=O)(=O)OC[C@@H](C)NP(C)(C)=O)cc1. The zero-order chi connectivity index (χ0) is 14.7. The molecule has 1 aromatic rings. The summed E-state index contributed by atoms with van der Waals surface area (Å²) < 4.78 is 40.3. The van der Waals surface area contributed by atoms with Crippen molar-refractivity contribution in [3.63, 3.8) is 0 Å². The van der Waals surface area contributed by atoms with Crippen LogP contribution in [0.5, 0.6) is 0 Å². The van der Waals surface area contributed by atoms with E-state index < -0.39 is 17.4 Å². The molecule has 0 aliphatic rings. The summed E-state index contributed by atoms with van der Waals surface area (Å²) in [6, 6.07) is 6.13. The molecule has 0 unspecified atom stereocenters. The summed E-state index contributed by atoms with van der Waals surface area (Å²) in [5.74, 6) is 0. The van der Waals surface area contributed by atoms with Crippen molar-refractivity contribution in [1.82, 2.24) is 5.09 Å². The van der Waals surface area contributed by atoms with Gasteiger partial charge in [0.1, 0.15) is 7.29 Å². The zero-order valence-electron chi connectivity index (χ0n) is 11.6. The van der Waals surface area contributed by atoms with Crippen LogP contribution in [0.3, 0.4) is 0 Å². The van der Waals surface area contributed by atoms with E-state index in [0.29, 0.717) is 0 Å². The monoisotopic (exact) mass is 305 g/mol. The maximum Gasteiger partial charge on any atom is 0.297 e. The highest BCUT2D eigenvalue weighted by Crippen LogP contribution is 2.30. The van der Waals surface area contributed by atoms with E-state index in [9.17, 15) is 13.0 Å². The minimum absolute atomic E-state index is 0.0537. The third-order valence-corrected chi connectivity index (χ3v) is 4.67. The van der Waals surface area contributed by atoms with E-state index >= 15 is 0 Å². The van der Waals surface area contributed by atoms with Crippen molar-refractivity contribution in [2.45, 2.75) is 24.8 Å². The van der Waals surface area contributed by atoms with Crippen molar-refractivity contribution in [2.75, 3.05) is 19.9 Å². The average Bonchev–Trinajstić information content (AvgIpc) is 2.25. The van der Waals surface area contributed by atoms with Crippen LogP contribution >= 0.6 is 7.29 Å². The summed E-state index contributed by atoms with van der Waals surface area (Å²) in [5, 5.41) is 2.82. The van der Waals surface area contributed by atoms with Gasteiger partial charge in [-0.25, -0.2) is 0 Å². The molecule has 108 valence electrons. The molecule has 0 aliphatic heterocycles. The molecule has 0 amide bonds. The lowest BCUT2D eigenvalue weighted by atomic mass is 10.2. The molecule has 0 aromatic heterocycles. The topological polar surface area (TPSA) is 72.5 Å². The number of hydrogen-bond acceptors (Lipinski definition) is 4. The number of nitrogens with one attached hydrogen (secondary N) is 1. The van der Waals surface area contributed by atoms with Gasteiger partial charge in [-0.1, -0.05) is 17.7 Å². The minimum Gasteiger partial charge on any atom is -0.307 e. The molecular formula is C12H20NO4PS. The molecule has 7 heteroatoms. The van der Waals surface area contributed by atoms with Crippen molar-refractivity contribution >= 4 is 17.4 Å². The molecule has 0 saturated heterocycles. The van der Waals surface area contributed by atoms with Crippen LogP contribution in [-0.2, 0) is 18.9 Å². The molecule has 19 heavy (non-hydrogen) atoms. The Kier molecular flexibility index (Phi) is 5.33. The molecule has 0 radical (unpaired) electrons. The highest BCUT2D eigenvalue weighted by atomic mass is 32.2. The number of benzene rings is 1. The van der Waals surface area contributed by atoms with E-state index in [4.69, 9.17) is 4.18 Å². The van der Waals surface area contributed by atoms with E-state index in [1.165, 1.54) is 12.1 Å². The van der Waals surface area contributed by atoms with Gasteiger partial charge in [-0.15, -0.1) is 0 Å². The van der Waals surface area contributed by atoms with E-state index in [1.54, 1.807) is 32.4 Å². The first-order valence-electron chi connectivity index (χ1n) is 5.89. The molecule has 0 heterocycles. The minimum atomic E-state index is -3.76. The highest BCUT2D eigenvalue weighted by Gasteiger charge is 2.18. The van der Waals surface area contributed by atoms with Gasteiger partial charge in [0.25, 0.3) is 10.1 Å². The summed E-state index contributed by atoms with van der Waals surface area (Å²) in [7, 11) is -6.16. The average molecular weight is 305 g/mol. The lowest BCUT2D eigenvalue weighted by Crippen LogP contribution is -2.28.